The van der Waals surface area contributed by atoms with Gasteiger partial charge in [0, 0.05) is 17.7 Å². The van der Waals surface area contributed by atoms with Crippen LogP contribution in [0, 0.1) is 11.7 Å². The maximum Gasteiger partial charge on any atom is 0.258 e. The number of amides is 2. The van der Waals surface area contributed by atoms with E-state index in [1.54, 1.807) is 36.4 Å². The Labute approximate surface area is 151 Å². The first-order valence-electron chi connectivity index (χ1n) is 8.60. The van der Waals surface area contributed by atoms with Crippen molar-refractivity contribution in [3.05, 3.63) is 59.9 Å². The van der Waals surface area contributed by atoms with E-state index < -0.39 is 0 Å². The SMILES string of the molecule is CC(NC(=O)COc1cccc(NC(=O)C2CC2)c1)c1ccc(F)cc1. The van der Waals surface area contributed by atoms with Crippen molar-refractivity contribution >= 4 is 17.5 Å². The van der Waals surface area contributed by atoms with Gasteiger partial charge in [-0.15, -0.1) is 0 Å². The van der Waals surface area contributed by atoms with Crippen molar-refractivity contribution in [1.29, 1.82) is 0 Å². The minimum absolute atomic E-state index is 0.0213. The van der Waals surface area contributed by atoms with Crippen molar-refractivity contribution in [2.75, 3.05) is 11.9 Å². The number of carbonyl (C=O) groups excluding carboxylic acids is 2. The summed E-state index contributed by atoms with van der Waals surface area (Å²) >= 11 is 0. The van der Waals surface area contributed by atoms with Gasteiger partial charge in [0.05, 0.1) is 6.04 Å². The fraction of sp³-hybridized carbons (Fsp3) is 0.300. The summed E-state index contributed by atoms with van der Waals surface area (Å²) < 4.78 is 18.4. The van der Waals surface area contributed by atoms with Gasteiger partial charge in [-0.2, -0.15) is 0 Å². The Balaban J connectivity index is 1.49. The first kappa shape index (κ1) is 17.9. The van der Waals surface area contributed by atoms with Gasteiger partial charge in [0.15, 0.2) is 6.61 Å². The molecule has 0 saturated heterocycles. The molecule has 3 rings (SSSR count). The Bertz CT molecular complexity index is 788. The van der Waals surface area contributed by atoms with Crippen LogP contribution in [0.25, 0.3) is 0 Å². The second kappa shape index (κ2) is 7.99. The molecule has 2 N–H and O–H groups in total. The summed E-state index contributed by atoms with van der Waals surface area (Å²) in [6.07, 6.45) is 1.88. The predicted octanol–water partition coefficient (Wildman–Crippen LogP) is 3.43. The van der Waals surface area contributed by atoms with E-state index in [4.69, 9.17) is 4.74 Å². The summed E-state index contributed by atoms with van der Waals surface area (Å²) in [5.41, 5.74) is 1.46. The maximum absolute atomic E-state index is 12.9. The van der Waals surface area contributed by atoms with Crippen LogP contribution >= 0.6 is 0 Å². The van der Waals surface area contributed by atoms with Crippen LogP contribution < -0.4 is 15.4 Å². The van der Waals surface area contributed by atoms with Gasteiger partial charge < -0.3 is 15.4 Å². The minimum Gasteiger partial charge on any atom is -0.484 e. The fourth-order valence-electron chi connectivity index (χ4n) is 2.52. The number of ether oxygens (including phenoxy) is 1. The molecular formula is C20H21FN2O3. The van der Waals surface area contributed by atoms with Crippen molar-refractivity contribution in [2.24, 2.45) is 5.92 Å². The smallest absolute Gasteiger partial charge is 0.258 e. The van der Waals surface area contributed by atoms with E-state index in [0.717, 1.165) is 18.4 Å². The molecule has 0 aromatic heterocycles. The molecule has 2 aromatic rings. The molecule has 0 radical (unpaired) electrons. The lowest BCUT2D eigenvalue weighted by atomic mass is 10.1. The van der Waals surface area contributed by atoms with Crippen LogP contribution in [0.5, 0.6) is 5.75 Å². The molecule has 6 heteroatoms. The van der Waals surface area contributed by atoms with E-state index in [1.165, 1.54) is 12.1 Å². The van der Waals surface area contributed by atoms with Crippen LogP contribution in [0.4, 0.5) is 10.1 Å². The zero-order valence-corrected chi connectivity index (χ0v) is 14.5. The Hall–Kier alpha value is -2.89. The molecule has 0 heterocycles. The predicted molar refractivity (Wildman–Crippen MR) is 96.2 cm³/mol. The lowest BCUT2D eigenvalue weighted by molar-refractivity contribution is -0.123. The second-order valence-electron chi connectivity index (χ2n) is 6.42. The van der Waals surface area contributed by atoms with Crippen LogP contribution in [0.15, 0.2) is 48.5 Å². The molecule has 2 amide bonds. The molecule has 136 valence electrons. The third-order valence-electron chi connectivity index (χ3n) is 4.17. The number of carbonyl (C=O) groups is 2. The quantitative estimate of drug-likeness (QED) is 0.799. The van der Waals surface area contributed by atoms with Gasteiger partial charge in [0.1, 0.15) is 11.6 Å². The second-order valence-corrected chi connectivity index (χ2v) is 6.42. The van der Waals surface area contributed by atoms with Gasteiger partial charge in [-0.1, -0.05) is 18.2 Å². The lowest BCUT2D eigenvalue weighted by Crippen LogP contribution is -2.31. The number of hydrogen-bond donors (Lipinski definition) is 2. The number of halogens is 1. The zero-order valence-electron chi connectivity index (χ0n) is 14.5. The van der Waals surface area contributed by atoms with Crippen LogP contribution in [-0.4, -0.2) is 18.4 Å². The van der Waals surface area contributed by atoms with E-state index in [2.05, 4.69) is 10.6 Å². The molecule has 1 fully saturated rings. The Morgan fingerprint density at radius 2 is 1.92 bits per heavy atom. The average Bonchev–Trinajstić information content (AvgIpc) is 3.46. The molecule has 0 spiro atoms. The summed E-state index contributed by atoms with van der Waals surface area (Å²) in [5, 5.41) is 5.64. The highest BCUT2D eigenvalue weighted by atomic mass is 19.1. The van der Waals surface area contributed by atoms with Gasteiger partial charge in [-0.05, 0) is 49.6 Å². The van der Waals surface area contributed by atoms with Crippen molar-refractivity contribution in [3.63, 3.8) is 0 Å². The Kier molecular flexibility index (Phi) is 5.51. The van der Waals surface area contributed by atoms with Crippen LogP contribution in [0.1, 0.15) is 31.4 Å². The minimum atomic E-state index is -0.315. The lowest BCUT2D eigenvalue weighted by Gasteiger charge is -2.15. The van der Waals surface area contributed by atoms with E-state index >= 15 is 0 Å². The van der Waals surface area contributed by atoms with Gasteiger partial charge in [-0.25, -0.2) is 4.39 Å². The maximum atomic E-state index is 12.9. The molecule has 1 unspecified atom stereocenters. The molecule has 1 aliphatic carbocycles. The normalized spacial score (nSPS) is 14.4. The number of rotatable bonds is 7. The van der Waals surface area contributed by atoms with Crippen molar-refractivity contribution < 1.29 is 18.7 Å². The van der Waals surface area contributed by atoms with Gasteiger partial charge in [-0.3, -0.25) is 9.59 Å². The first-order chi connectivity index (χ1) is 12.5. The Morgan fingerprint density at radius 1 is 1.19 bits per heavy atom. The fourth-order valence-corrected chi connectivity index (χ4v) is 2.52. The molecule has 1 aliphatic rings. The summed E-state index contributed by atoms with van der Waals surface area (Å²) in [7, 11) is 0. The van der Waals surface area contributed by atoms with Gasteiger partial charge >= 0.3 is 0 Å². The molecule has 2 aromatic carbocycles. The topological polar surface area (TPSA) is 67.4 Å². The largest absolute Gasteiger partial charge is 0.484 e. The molecule has 1 atom stereocenters. The Morgan fingerprint density at radius 3 is 2.62 bits per heavy atom. The van der Waals surface area contributed by atoms with E-state index in [0.29, 0.717) is 11.4 Å². The molecular weight excluding hydrogens is 335 g/mol. The van der Waals surface area contributed by atoms with Crippen LogP contribution in [0.3, 0.4) is 0 Å². The number of anilines is 1. The monoisotopic (exact) mass is 356 g/mol. The summed E-state index contributed by atoms with van der Waals surface area (Å²) in [6.45, 7) is 1.67. The van der Waals surface area contributed by atoms with E-state index in [-0.39, 0.29) is 36.2 Å². The van der Waals surface area contributed by atoms with Crippen molar-refractivity contribution in [1.82, 2.24) is 5.32 Å². The zero-order chi connectivity index (χ0) is 18.5. The molecule has 0 bridgehead atoms. The van der Waals surface area contributed by atoms with E-state index in [9.17, 15) is 14.0 Å². The highest BCUT2D eigenvalue weighted by Crippen LogP contribution is 2.30. The third-order valence-corrected chi connectivity index (χ3v) is 4.17. The molecule has 0 aliphatic heterocycles. The number of benzene rings is 2. The number of nitrogens with one attached hydrogen (secondary N) is 2. The van der Waals surface area contributed by atoms with Crippen molar-refractivity contribution in [3.8, 4) is 5.75 Å². The van der Waals surface area contributed by atoms with Crippen LogP contribution in [0.2, 0.25) is 0 Å². The number of hydrogen-bond acceptors (Lipinski definition) is 3. The van der Waals surface area contributed by atoms with Gasteiger partial charge in [0.25, 0.3) is 5.91 Å². The molecule has 26 heavy (non-hydrogen) atoms. The summed E-state index contributed by atoms with van der Waals surface area (Å²) in [6, 6.07) is 12.7. The van der Waals surface area contributed by atoms with Crippen LogP contribution in [-0.2, 0) is 9.59 Å². The highest BCUT2D eigenvalue weighted by Gasteiger charge is 2.29. The summed E-state index contributed by atoms with van der Waals surface area (Å²) in [5.74, 6) is 0.0491. The van der Waals surface area contributed by atoms with E-state index in [1.807, 2.05) is 6.92 Å². The highest BCUT2D eigenvalue weighted by molar-refractivity contribution is 5.94. The average molecular weight is 356 g/mol. The standard InChI is InChI=1S/C20H21FN2O3/c1-13(14-7-9-16(21)10-8-14)22-19(24)12-26-18-4-2-3-17(11-18)23-20(25)15-5-6-15/h2-4,7-11,13,15H,5-6,12H2,1H3,(H,22,24)(H,23,25). The molecule has 1 saturated carbocycles. The van der Waals surface area contributed by atoms with Gasteiger partial charge in [0.2, 0.25) is 5.91 Å². The first-order valence-corrected chi connectivity index (χ1v) is 8.60. The van der Waals surface area contributed by atoms with Crippen molar-refractivity contribution in [2.45, 2.75) is 25.8 Å². The molecule has 5 nitrogen and oxygen atoms in total. The summed E-state index contributed by atoms with van der Waals surface area (Å²) in [4.78, 5) is 23.8. The third kappa shape index (κ3) is 5.05.